The molecule has 6 nitrogen and oxygen atoms in total. The molecule has 0 radical (unpaired) electrons. The molecule has 0 heterocycles. The van der Waals surface area contributed by atoms with Gasteiger partial charge in [0.1, 0.15) is 0 Å². The second-order valence-electron chi connectivity index (χ2n) is 23.1. The molecule has 0 fully saturated rings. The number of allylic oxidation sites excluding steroid dienone is 7. The highest BCUT2D eigenvalue weighted by atomic mass is 16.5. The fourth-order valence-corrected chi connectivity index (χ4v) is 10.4. The van der Waals surface area contributed by atoms with Crippen molar-refractivity contribution in [3.05, 3.63) is 48.6 Å². The van der Waals surface area contributed by atoms with Gasteiger partial charge in [-0.3, -0.25) is 9.59 Å². The van der Waals surface area contributed by atoms with E-state index in [1.807, 2.05) is 6.08 Å². The number of unbranched alkanes of at least 4 members (excludes halogenated alkanes) is 46. The zero-order valence-corrected chi connectivity index (χ0v) is 51.0. The number of hydrogen-bond donors (Lipinski definition) is 3. The Morgan fingerprint density at radius 3 is 1.03 bits per heavy atom. The van der Waals surface area contributed by atoms with Gasteiger partial charge in [-0.25, -0.2) is 0 Å². The van der Waals surface area contributed by atoms with Crippen molar-refractivity contribution in [1.29, 1.82) is 0 Å². The van der Waals surface area contributed by atoms with Crippen molar-refractivity contribution in [2.75, 3.05) is 13.2 Å². The first-order valence-corrected chi connectivity index (χ1v) is 33.9. The summed E-state index contributed by atoms with van der Waals surface area (Å²) in [5.41, 5.74) is 0. The molecular formula is C70H131NO5. The summed E-state index contributed by atoms with van der Waals surface area (Å²) >= 11 is 0. The minimum absolute atomic E-state index is 0.00269. The molecule has 0 rings (SSSR count). The van der Waals surface area contributed by atoms with Crippen molar-refractivity contribution in [3.8, 4) is 0 Å². The van der Waals surface area contributed by atoms with Crippen LogP contribution in [0.2, 0.25) is 0 Å². The summed E-state index contributed by atoms with van der Waals surface area (Å²) in [5, 5.41) is 23.2. The highest BCUT2D eigenvalue weighted by Crippen LogP contribution is 2.17. The molecule has 0 bridgehead atoms. The second kappa shape index (κ2) is 65.3. The molecule has 0 aromatic carbocycles. The average molecular weight is 1070 g/mol. The number of aliphatic hydroxyl groups excluding tert-OH is 2. The van der Waals surface area contributed by atoms with Crippen LogP contribution in [0.15, 0.2) is 48.6 Å². The SMILES string of the molecule is CCCCCC/C=C\CCCCCCCC(=O)OCCCCCCCCCCC/C=C\C/C=C\CCCCCCCCCC(=O)NC(CO)C(O)/C=C/CCCCCCCCCCCCCCCCCCCCCCC. The van der Waals surface area contributed by atoms with Crippen LogP contribution in [0.5, 0.6) is 0 Å². The van der Waals surface area contributed by atoms with E-state index in [0.717, 1.165) is 64.2 Å². The summed E-state index contributed by atoms with van der Waals surface area (Å²) in [6.45, 7) is 4.90. The van der Waals surface area contributed by atoms with Crippen LogP contribution in [0.3, 0.4) is 0 Å². The van der Waals surface area contributed by atoms with Crippen LogP contribution in [0.25, 0.3) is 0 Å². The first-order valence-electron chi connectivity index (χ1n) is 33.9. The maximum absolute atomic E-state index is 12.5. The number of ether oxygens (including phenoxy) is 1. The molecule has 0 aliphatic carbocycles. The summed E-state index contributed by atoms with van der Waals surface area (Å²) in [4.78, 5) is 24.5. The largest absolute Gasteiger partial charge is 0.466 e. The van der Waals surface area contributed by atoms with Crippen LogP contribution >= 0.6 is 0 Å². The Morgan fingerprint density at radius 2 is 0.658 bits per heavy atom. The Bertz CT molecular complexity index is 1270. The number of amides is 1. The maximum atomic E-state index is 12.5. The second-order valence-corrected chi connectivity index (χ2v) is 23.1. The highest BCUT2D eigenvalue weighted by Gasteiger charge is 2.18. The lowest BCUT2D eigenvalue weighted by Gasteiger charge is -2.20. The molecule has 0 saturated carbocycles. The van der Waals surface area contributed by atoms with Gasteiger partial charge < -0.3 is 20.3 Å². The van der Waals surface area contributed by atoms with Crippen molar-refractivity contribution in [3.63, 3.8) is 0 Å². The minimum atomic E-state index is -0.853. The van der Waals surface area contributed by atoms with Crippen LogP contribution in [-0.2, 0) is 14.3 Å². The molecule has 1 amide bonds. The van der Waals surface area contributed by atoms with E-state index >= 15 is 0 Å². The van der Waals surface area contributed by atoms with Crippen molar-refractivity contribution in [2.45, 2.75) is 373 Å². The predicted octanol–water partition coefficient (Wildman–Crippen LogP) is 21.7. The standard InChI is InChI=1S/C70H131NO5/c1-3-5-7-9-11-13-15-17-18-19-20-21-23-26-29-32-35-39-42-46-50-54-58-62-68(73)67(66-72)71-69(74)63-59-55-51-47-43-40-36-33-30-27-24-22-25-28-31-34-37-41-45-49-53-57-61-65-76-70(75)64-60-56-52-48-44-38-16-14-12-10-8-6-4-2/h14,16,22,25,27,30,58,62,67-68,72-73H,3-13,15,17-21,23-24,26,28-29,31-57,59-61,63-66H2,1-2H3,(H,71,74)/b16-14-,25-22-,30-27-,62-58+. The number of carbonyl (C=O) groups excluding carboxylic acids is 2. The van der Waals surface area contributed by atoms with Gasteiger partial charge in [0, 0.05) is 12.8 Å². The van der Waals surface area contributed by atoms with Gasteiger partial charge in [-0.15, -0.1) is 0 Å². The van der Waals surface area contributed by atoms with Gasteiger partial charge in [-0.2, -0.15) is 0 Å². The summed E-state index contributed by atoms with van der Waals surface area (Å²) in [6.07, 6.45) is 84.6. The number of nitrogens with one attached hydrogen (secondary N) is 1. The fraction of sp³-hybridized carbons (Fsp3) is 0.857. The van der Waals surface area contributed by atoms with Gasteiger partial charge in [-0.05, 0) is 89.9 Å². The highest BCUT2D eigenvalue weighted by molar-refractivity contribution is 5.76. The maximum Gasteiger partial charge on any atom is 0.305 e. The molecule has 2 atom stereocenters. The van der Waals surface area contributed by atoms with Crippen LogP contribution in [0.1, 0.15) is 361 Å². The first-order chi connectivity index (χ1) is 37.5. The fourth-order valence-electron chi connectivity index (χ4n) is 10.4. The van der Waals surface area contributed by atoms with E-state index in [4.69, 9.17) is 4.74 Å². The van der Waals surface area contributed by atoms with Crippen molar-refractivity contribution >= 4 is 11.9 Å². The topological polar surface area (TPSA) is 95.9 Å². The third-order valence-corrected chi connectivity index (χ3v) is 15.6. The van der Waals surface area contributed by atoms with Gasteiger partial charge in [0.05, 0.1) is 25.4 Å². The number of hydrogen-bond acceptors (Lipinski definition) is 5. The Kier molecular flexibility index (Phi) is 63.5. The van der Waals surface area contributed by atoms with E-state index in [9.17, 15) is 19.8 Å². The van der Waals surface area contributed by atoms with Gasteiger partial charge in [0.25, 0.3) is 0 Å². The molecule has 446 valence electrons. The van der Waals surface area contributed by atoms with Crippen LogP contribution in [-0.4, -0.2) is 47.4 Å². The number of carbonyl (C=O) groups is 2. The Hall–Kier alpha value is -2.18. The van der Waals surface area contributed by atoms with E-state index in [2.05, 4.69) is 55.6 Å². The molecule has 0 saturated heterocycles. The molecule has 0 aliphatic rings. The number of aliphatic hydroxyl groups is 2. The van der Waals surface area contributed by atoms with Crippen LogP contribution in [0.4, 0.5) is 0 Å². The lowest BCUT2D eigenvalue weighted by molar-refractivity contribution is -0.143. The van der Waals surface area contributed by atoms with E-state index in [-0.39, 0.29) is 18.5 Å². The molecule has 76 heavy (non-hydrogen) atoms. The smallest absolute Gasteiger partial charge is 0.305 e. The normalized spacial score (nSPS) is 12.8. The number of rotatable bonds is 63. The lowest BCUT2D eigenvalue weighted by Crippen LogP contribution is -2.45. The van der Waals surface area contributed by atoms with Crippen LogP contribution in [0, 0.1) is 0 Å². The monoisotopic (exact) mass is 1070 g/mol. The number of esters is 1. The minimum Gasteiger partial charge on any atom is -0.466 e. The summed E-state index contributed by atoms with van der Waals surface area (Å²) in [7, 11) is 0. The molecule has 3 N–H and O–H groups in total. The van der Waals surface area contributed by atoms with E-state index in [0.29, 0.717) is 19.4 Å². The molecule has 0 aromatic rings. The van der Waals surface area contributed by atoms with Crippen LogP contribution < -0.4 is 5.32 Å². The Labute approximate surface area is 474 Å². The lowest BCUT2D eigenvalue weighted by atomic mass is 10.0. The van der Waals surface area contributed by atoms with Gasteiger partial charge in [-0.1, -0.05) is 306 Å². The zero-order valence-electron chi connectivity index (χ0n) is 51.0. The zero-order chi connectivity index (χ0) is 55.0. The molecular weight excluding hydrogens is 935 g/mol. The van der Waals surface area contributed by atoms with E-state index in [1.165, 1.54) is 270 Å². The third-order valence-electron chi connectivity index (χ3n) is 15.6. The van der Waals surface area contributed by atoms with Crippen molar-refractivity contribution < 1.29 is 24.5 Å². The Balaban J connectivity index is 3.49. The van der Waals surface area contributed by atoms with Crippen molar-refractivity contribution in [1.82, 2.24) is 5.32 Å². The van der Waals surface area contributed by atoms with Crippen molar-refractivity contribution in [2.24, 2.45) is 0 Å². The Morgan fingerprint density at radius 1 is 0.368 bits per heavy atom. The molecule has 0 aromatic heterocycles. The molecule has 2 unspecified atom stereocenters. The predicted molar refractivity (Wildman–Crippen MR) is 333 cm³/mol. The third kappa shape index (κ3) is 61.0. The van der Waals surface area contributed by atoms with Gasteiger partial charge >= 0.3 is 5.97 Å². The molecule has 0 spiro atoms. The molecule has 0 aliphatic heterocycles. The van der Waals surface area contributed by atoms with E-state index in [1.54, 1.807) is 6.08 Å². The van der Waals surface area contributed by atoms with E-state index < -0.39 is 12.1 Å². The summed E-state index contributed by atoms with van der Waals surface area (Å²) in [6, 6.07) is -0.638. The van der Waals surface area contributed by atoms with Gasteiger partial charge in [0.2, 0.25) is 5.91 Å². The quantitative estimate of drug-likeness (QED) is 0.0320. The average Bonchev–Trinajstić information content (AvgIpc) is 3.42. The molecule has 6 heteroatoms. The first kappa shape index (κ1) is 73.8. The summed E-state index contributed by atoms with van der Waals surface area (Å²) in [5.74, 6) is -0.0784. The summed E-state index contributed by atoms with van der Waals surface area (Å²) < 4.78 is 5.47. The van der Waals surface area contributed by atoms with Gasteiger partial charge in [0.15, 0.2) is 0 Å².